The zero-order valence-corrected chi connectivity index (χ0v) is 10.7. The molecule has 2 aliphatic heterocycles. The number of benzene rings is 1. The highest BCUT2D eigenvalue weighted by Crippen LogP contribution is 2.22. The summed E-state index contributed by atoms with van der Waals surface area (Å²) in [5.41, 5.74) is 1.28. The van der Waals surface area contributed by atoms with Crippen LogP contribution >= 0.6 is 0 Å². The Kier molecular flexibility index (Phi) is 3.93. The van der Waals surface area contributed by atoms with Gasteiger partial charge in [0.05, 0.1) is 12.7 Å². The molecule has 1 N–H and O–H groups in total. The molecule has 0 bridgehead atoms. The lowest BCUT2D eigenvalue weighted by Gasteiger charge is -2.27. The molecule has 3 nitrogen and oxygen atoms in total. The first kappa shape index (κ1) is 12.2. The van der Waals surface area contributed by atoms with E-state index in [-0.39, 0.29) is 12.4 Å². The Bertz CT molecular complexity index is 362. The van der Waals surface area contributed by atoms with Crippen molar-refractivity contribution in [1.82, 2.24) is 5.32 Å². The zero-order chi connectivity index (χ0) is 12.2. The molecule has 3 rings (SSSR count). The van der Waals surface area contributed by atoms with Gasteiger partial charge in [0.2, 0.25) is 0 Å². The largest absolute Gasteiger partial charge is 0.350 e. The summed E-state index contributed by atoms with van der Waals surface area (Å²) in [4.78, 5) is 0. The average molecular weight is 247 g/mol. The molecule has 98 valence electrons. The van der Waals surface area contributed by atoms with Crippen molar-refractivity contribution in [3.05, 3.63) is 35.9 Å². The fraction of sp³-hybridized carbons (Fsp3) is 0.600. The topological polar surface area (TPSA) is 30.5 Å². The number of ether oxygens (including phenoxy) is 2. The summed E-state index contributed by atoms with van der Waals surface area (Å²) < 4.78 is 11.8. The number of hydrogen-bond donors (Lipinski definition) is 1. The van der Waals surface area contributed by atoms with E-state index in [9.17, 15) is 0 Å². The van der Waals surface area contributed by atoms with Gasteiger partial charge in [-0.3, -0.25) is 0 Å². The van der Waals surface area contributed by atoms with E-state index in [4.69, 9.17) is 9.47 Å². The Balaban J connectivity index is 1.52. The molecule has 0 aromatic heterocycles. The normalized spacial score (nSPS) is 32.6. The summed E-state index contributed by atoms with van der Waals surface area (Å²) in [6.07, 6.45) is 4.83. The third-order valence-corrected chi connectivity index (χ3v) is 3.82. The molecule has 2 fully saturated rings. The molecule has 2 aliphatic rings. The van der Waals surface area contributed by atoms with Crippen LogP contribution in [-0.2, 0) is 15.9 Å². The van der Waals surface area contributed by atoms with Crippen LogP contribution in [0.3, 0.4) is 0 Å². The molecule has 2 saturated heterocycles. The number of hydrogen-bond acceptors (Lipinski definition) is 3. The highest BCUT2D eigenvalue weighted by molar-refractivity contribution is 5.15. The Morgan fingerprint density at radius 2 is 2.06 bits per heavy atom. The second-order valence-electron chi connectivity index (χ2n) is 5.18. The lowest BCUT2D eigenvalue weighted by atomic mass is 10.0. The molecular weight excluding hydrogens is 226 g/mol. The predicted octanol–water partition coefficient (Wildman–Crippen LogP) is 2.11. The maximum absolute atomic E-state index is 6.02. The molecule has 0 aliphatic carbocycles. The molecule has 1 aromatic carbocycles. The van der Waals surface area contributed by atoms with Crippen LogP contribution in [-0.4, -0.2) is 31.6 Å². The molecule has 0 amide bonds. The average Bonchev–Trinajstić information content (AvgIpc) is 2.89. The molecule has 0 radical (unpaired) electrons. The minimum absolute atomic E-state index is 0.0684. The van der Waals surface area contributed by atoms with Gasteiger partial charge in [-0.15, -0.1) is 0 Å². The second-order valence-corrected chi connectivity index (χ2v) is 5.18. The first-order chi connectivity index (χ1) is 8.92. The molecule has 3 heteroatoms. The molecule has 1 aromatic rings. The SMILES string of the molecule is c1ccc(C[C@@H]2OC[C@@H]([C@@H]3CCCCN3)O2)cc1. The molecule has 2 heterocycles. The smallest absolute Gasteiger partial charge is 0.162 e. The van der Waals surface area contributed by atoms with Gasteiger partial charge in [-0.25, -0.2) is 0 Å². The van der Waals surface area contributed by atoms with Gasteiger partial charge >= 0.3 is 0 Å². The predicted molar refractivity (Wildman–Crippen MR) is 70.4 cm³/mol. The van der Waals surface area contributed by atoms with Gasteiger partial charge in [-0.2, -0.15) is 0 Å². The van der Waals surface area contributed by atoms with E-state index in [0.717, 1.165) is 19.6 Å². The lowest BCUT2D eigenvalue weighted by Crippen LogP contribution is -2.44. The van der Waals surface area contributed by atoms with Crippen LogP contribution in [0.1, 0.15) is 24.8 Å². The van der Waals surface area contributed by atoms with E-state index in [1.807, 2.05) is 6.07 Å². The van der Waals surface area contributed by atoms with Gasteiger partial charge in [0.15, 0.2) is 6.29 Å². The first-order valence-corrected chi connectivity index (χ1v) is 6.96. The van der Waals surface area contributed by atoms with Crippen molar-refractivity contribution in [2.75, 3.05) is 13.2 Å². The van der Waals surface area contributed by atoms with Gasteiger partial charge < -0.3 is 14.8 Å². The zero-order valence-electron chi connectivity index (χ0n) is 10.7. The van der Waals surface area contributed by atoms with Crippen molar-refractivity contribution >= 4 is 0 Å². The standard InChI is InChI=1S/C15H21NO2/c1-2-6-12(7-3-1)10-15-17-11-14(18-15)13-8-4-5-9-16-13/h1-3,6-7,13-16H,4-5,8-11H2/t13-,14-,15+/m0/s1. The fourth-order valence-corrected chi connectivity index (χ4v) is 2.80. The maximum Gasteiger partial charge on any atom is 0.162 e. The quantitative estimate of drug-likeness (QED) is 0.887. The van der Waals surface area contributed by atoms with Crippen LogP contribution in [0.5, 0.6) is 0 Å². The summed E-state index contributed by atoms with van der Waals surface area (Å²) in [7, 11) is 0. The van der Waals surface area contributed by atoms with Crippen molar-refractivity contribution in [3.63, 3.8) is 0 Å². The number of piperidine rings is 1. The van der Waals surface area contributed by atoms with E-state index >= 15 is 0 Å². The van der Waals surface area contributed by atoms with Gasteiger partial charge in [0.25, 0.3) is 0 Å². The first-order valence-electron chi connectivity index (χ1n) is 6.96. The van der Waals surface area contributed by atoms with Crippen molar-refractivity contribution in [3.8, 4) is 0 Å². The van der Waals surface area contributed by atoms with Crippen LogP contribution in [0.4, 0.5) is 0 Å². The molecular formula is C15H21NO2. The monoisotopic (exact) mass is 247 g/mol. The van der Waals surface area contributed by atoms with E-state index in [0.29, 0.717) is 6.04 Å². The molecule has 18 heavy (non-hydrogen) atoms. The molecule has 0 spiro atoms. The van der Waals surface area contributed by atoms with E-state index in [1.165, 1.54) is 24.8 Å². The minimum atomic E-state index is -0.0684. The minimum Gasteiger partial charge on any atom is -0.350 e. The Hall–Kier alpha value is -0.900. The van der Waals surface area contributed by atoms with Gasteiger partial charge in [-0.05, 0) is 24.9 Å². The maximum atomic E-state index is 6.02. The summed E-state index contributed by atoms with van der Waals surface area (Å²) in [5, 5.41) is 3.54. The number of rotatable bonds is 3. The van der Waals surface area contributed by atoms with Crippen LogP contribution in [0, 0.1) is 0 Å². The van der Waals surface area contributed by atoms with Crippen molar-refractivity contribution < 1.29 is 9.47 Å². The summed E-state index contributed by atoms with van der Waals surface area (Å²) in [6, 6.07) is 10.9. The van der Waals surface area contributed by atoms with Crippen LogP contribution < -0.4 is 5.32 Å². The van der Waals surface area contributed by atoms with Crippen LogP contribution in [0.15, 0.2) is 30.3 Å². The number of nitrogens with one attached hydrogen (secondary N) is 1. The third kappa shape index (κ3) is 2.91. The van der Waals surface area contributed by atoms with Crippen molar-refractivity contribution in [1.29, 1.82) is 0 Å². The van der Waals surface area contributed by atoms with Gasteiger partial charge in [0, 0.05) is 12.5 Å². The van der Waals surface area contributed by atoms with E-state index in [1.54, 1.807) is 0 Å². The van der Waals surface area contributed by atoms with E-state index in [2.05, 4.69) is 29.6 Å². The van der Waals surface area contributed by atoms with Gasteiger partial charge in [0.1, 0.15) is 0 Å². The lowest BCUT2D eigenvalue weighted by molar-refractivity contribution is -0.0625. The van der Waals surface area contributed by atoms with Crippen molar-refractivity contribution in [2.24, 2.45) is 0 Å². The Morgan fingerprint density at radius 1 is 1.17 bits per heavy atom. The Labute approximate surface area is 108 Å². The molecule has 0 unspecified atom stereocenters. The fourth-order valence-electron chi connectivity index (χ4n) is 2.80. The summed E-state index contributed by atoms with van der Waals surface area (Å²) in [6.45, 7) is 1.85. The third-order valence-electron chi connectivity index (χ3n) is 3.82. The summed E-state index contributed by atoms with van der Waals surface area (Å²) >= 11 is 0. The molecule has 3 atom stereocenters. The van der Waals surface area contributed by atoms with E-state index < -0.39 is 0 Å². The second kappa shape index (κ2) is 5.83. The van der Waals surface area contributed by atoms with Gasteiger partial charge in [-0.1, -0.05) is 36.8 Å². The Morgan fingerprint density at radius 3 is 2.83 bits per heavy atom. The highest BCUT2D eigenvalue weighted by atomic mass is 16.7. The van der Waals surface area contributed by atoms with Crippen LogP contribution in [0.2, 0.25) is 0 Å². The molecule has 0 saturated carbocycles. The summed E-state index contributed by atoms with van der Waals surface area (Å²) in [5.74, 6) is 0. The van der Waals surface area contributed by atoms with Crippen LogP contribution in [0.25, 0.3) is 0 Å². The van der Waals surface area contributed by atoms with Crippen molar-refractivity contribution in [2.45, 2.75) is 44.1 Å². The highest BCUT2D eigenvalue weighted by Gasteiger charge is 2.32.